The highest BCUT2D eigenvalue weighted by molar-refractivity contribution is 7.21. The molecule has 2 N–H and O–H groups in total. The first-order valence-corrected chi connectivity index (χ1v) is 8.93. The maximum absolute atomic E-state index is 9.19. The SMILES string of the molecule is CCN(CCO)c1ccc(N=Nc2nc3ccc(CO)cc3s2)cc1. The Morgan fingerprint density at radius 3 is 2.56 bits per heavy atom. The number of aliphatic hydroxyl groups is 2. The number of likely N-dealkylation sites (N-methyl/N-ethyl adjacent to an activating group) is 1. The molecule has 1 heterocycles. The van der Waals surface area contributed by atoms with E-state index in [0.29, 0.717) is 11.7 Å². The van der Waals surface area contributed by atoms with Gasteiger partial charge in [-0.25, -0.2) is 4.98 Å². The number of thiazole rings is 1. The molecule has 0 spiro atoms. The van der Waals surface area contributed by atoms with Crippen LogP contribution < -0.4 is 4.90 Å². The van der Waals surface area contributed by atoms with E-state index in [4.69, 9.17) is 5.11 Å². The lowest BCUT2D eigenvalue weighted by atomic mass is 10.2. The quantitative estimate of drug-likeness (QED) is 0.627. The monoisotopic (exact) mass is 356 g/mol. The first kappa shape index (κ1) is 17.5. The number of aliphatic hydroxyl groups excluding tert-OH is 2. The highest BCUT2D eigenvalue weighted by Crippen LogP contribution is 2.30. The van der Waals surface area contributed by atoms with Crippen molar-refractivity contribution in [2.24, 2.45) is 10.2 Å². The third-order valence-electron chi connectivity index (χ3n) is 3.84. The average Bonchev–Trinajstić information content (AvgIpc) is 3.07. The molecule has 1 aromatic heterocycles. The zero-order valence-electron chi connectivity index (χ0n) is 14.0. The van der Waals surface area contributed by atoms with Crippen LogP contribution in [0, 0.1) is 0 Å². The zero-order chi connectivity index (χ0) is 17.6. The van der Waals surface area contributed by atoms with Crippen molar-refractivity contribution in [1.82, 2.24) is 4.98 Å². The molecule has 6 nitrogen and oxygen atoms in total. The van der Waals surface area contributed by atoms with Crippen molar-refractivity contribution in [1.29, 1.82) is 0 Å². The summed E-state index contributed by atoms with van der Waals surface area (Å²) in [5.74, 6) is 0. The van der Waals surface area contributed by atoms with Crippen molar-refractivity contribution in [3.63, 3.8) is 0 Å². The largest absolute Gasteiger partial charge is 0.395 e. The number of nitrogens with zero attached hydrogens (tertiary/aromatic N) is 4. The smallest absolute Gasteiger partial charge is 0.231 e. The fourth-order valence-electron chi connectivity index (χ4n) is 2.52. The van der Waals surface area contributed by atoms with E-state index in [0.717, 1.165) is 33.7 Å². The Labute approximate surface area is 150 Å². The molecule has 0 saturated heterocycles. The van der Waals surface area contributed by atoms with Crippen LogP contribution in [0.2, 0.25) is 0 Å². The maximum atomic E-state index is 9.19. The topological polar surface area (TPSA) is 81.3 Å². The van der Waals surface area contributed by atoms with Crippen molar-refractivity contribution < 1.29 is 10.2 Å². The Morgan fingerprint density at radius 1 is 1.08 bits per heavy atom. The first-order chi connectivity index (χ1) is 12.2. The molecule has 0 saturated carbocycles. The van der Waals surface area contributed by atoms with Crippen molar-refractivity contribution in [2.45, 2.75) is 13.5 Å². The number of benzene rings is 2. The molecule has 0 radical (unpaired) electrons. The summed E-state index contributed by atoms with van der Waals surface area (Å²) in [6, 6.07) is 13.4. The van der Waals surface area contributed by atoms with Gasteiger partial charge in [0, 0.05) is 18.8 Å². The predicted octanol–water partition coefficient (Wildman–Crippen LogP) is 4.02. The van der Waals surface area contributed by atoms with Crippen LogP contribution in [-0.2, 0) is 6.61 Å². The van der Waals surface area contributed by atoms with Gasteiger partial charge in [0.1, 0.15) is 0 Å². The van der Waals surface area contributed by atoms with E-state index in [1.54, 1.807) is 0 Å². The molecule has 0 aliphatic rings. The molecule has 0 bridgehead atoms. The highest BCUT2D eigenvalue weighted by Gasteiger charge is 2.05. The van der Waals surface area contributed by atoms with E-state index < -0.39 is 0 Å². The van der Waals surface area contributed by atoms with Gasteiger partial charge in [-0.3, -0.25) is 0 Å². The lowest BCUT2D eigenvalue weighted by Crippen LogP contribution is -2.25. The number of rotatable bonds is 7. The van der Waals surface area contributed by atoms with Gasteiger partial charge in [0.15, 0.2) is 0 Å². The van der Waals surface area contributed by atoms with Gasteiger partial charge in [-0.2, -0.15) is 0 Å². The molecule has 0 atom stereocenters. The number of azo groups is 1. The Kier molecular flexibility index (Phi) is 5.70. The summed E-state index contributed by atoms with van der Waals surface area (Å²) in [5, 5.41) is 27.3. The van der Waals surface area contributed by atoms with Crippen LogP contribution in [0.3, 0.4) is 0 Å². The van der Waals surface area contributed by atoms with Crippen LogP contribution in [-0.4, -0.2) is 34.9 Å². The Bertz CT molecular complexity index is 861. The van der Waals surface area contributed by atoms with E-state index in [1.807, 2.05) is 42.5 Å². The Hall–Kier alpha value is -2.35. The second-order valence-corrected chi connectivity index (χ2v) is 6.49. The van der Waals surface area contributed by atoms with Crippen LogP contribution >= 0.6 is 11.3 Å². The van der Waals surface area contributed by atoms with E-state index >= 15 is 0 Å². The fourth-order valence-corrected chi connectivity index (χ4v) is 3.37. The number of aromatic nitrogens is 1. The molecule has 0 aliphatic carbocycles. The van der Waals surface area contributed by atoms with Crippen molar-refractivity contribution in [3.8, 4) is 0 Å². The standard InChI is InChI=1S/C18H20N4O2S/c1-2-22(9-10-23)15-6-4-14(5-7-15)20-21-18-19-16-8-3-13(12-24)11-17(16)25-18/h3-8,11,23-24H,2,9-10,12H2,1H3. The van der Waals surface area contributed by atoms with E-state index in [2.05, 4.69) is 27.0 Å². The van der Waals surface area contributed by atoms with E-state index in [1.165, 1.54) is 11.3 Å². The summed E-state index contributed by atoms with van der Waals surface area (Å²) in [5.41, 5.74) is 3.51. The van der Waals surface area contributed by atoms with Gasteiger partial charge in [-0.05, 0) is 48.9 Å². The molecule has 3 aromatic rings. The lowest BCUT2D eigenvalue weighted by molar-refractivity contribution is 0.282. The van der Waals surface area contributed by atoms with Crippen molar-refractivity contribution in [2.75, 3.05) is 24.6 Å². The minimum Gasteiger partial charge on any atom is -0.395 e. The van der Waals surface area contributed by atoms with Crippen LogP contribution in [0.5, 0.6) is 0 Å². The van der Waals surface area contributed by atoms with Crippen LogP contribution in [0.25, 0.3) is 10.2 Å². The summed E-state index contributed by atoms with van der Waals surface area (Å²) in [4.78, 5) is 6.52. The molecule has 3 rings (SSSR count). The molecule has 0 aliphatic heterocycles. The minimum absolute atomic E-state index is 0.0160. The van der Waals surface area contributed by atoms with Gasteiger partial charge in [-0.15, -0.1) is 10.2 Å². The third-order valence-corrected chi connectivity index (χ3v) is 4.74. The van der Waals surface area contributed by atoms with Gasteiger partial charge in [0.25, 0.3) is 0 Å². The number of hydrogen-bond donors (Lipinski definition) is 2. The van der Waals surface area contributed by atoms with Gasteiger partial charge in [0.2, 0.25) is 5.13 Å². The minimum atomic E-state index is 0.0160. The van der Waals surface area contributed by atoms with Crippen LogP contribution in [0.15, 0.2) is 52.7 Å². The van der Waals surface area contributed by atoms with Gasteiger partial charge in [-0.1, -0.05) is 17.4 Å². The Morgan fingerprint density at radius 2 is 1.88 bits per heavy atom. The first-order valence-electron chi connectivity index (χ1n) is 8.11. The summed E-state index contributed by atoms with van der Waals surface area (Å²) in [6.45, 7) is 3.65. The zero-order valence-corrected chi connectivity index (χ0v) is 14.8. The molecule has 0 amide bonds. The molecule has 2 aromatic carbocycles. The van der Waals surface area contributed by atoms with E-state index in [9.17, 15) is 5.11 Å². The molecule has 130 valence electrons. The van der Waals surface area contributed by atoms with Crippen molar-refractivity contribution in [3.05, 3.63) is 48.0 Å². The van der Waals surface area contributed by atoms with Crippen LogP contribution in [0.4, 0.5) is 16.5 Å². The summed E-state index contributed by atoms with van der Waals surface area (Å²) in [6.07, 6.45) is 0. The van der Waals surface area contributed by atoms with Crippen molar-refractivity contribution >= 4 is 38.1 Å². The number of fused-ring (bicyclic) bond motifs is 1. The molecular formula is C18H20N4O2S. The molecule has 25 heavy (non-hydrogen) atoms. The molecule has 7 heteroatoms. The van der Waals surface area contributed by atoms with E-state index in [-0.39, 0.29) is 13.2 Å². The predicted molar refractivity (Wildman–Crippen MR) is 101 cm³/mol. The molecule has 0 unspecified atom stereocenters. The highest BCUT2D eigenvalue weighted by atomic mass is 32.1. The summed E-state index contributed by atoms with van der Waals surface area (Å²) in [7, 11) is 0. The van der Waals surface area contributed by atoms with Gasteiger partial charge < -0.3 is 15.1 Å². The normalized spacial score (nSPS) is 11.5. The second kappa shape index (κ2) is 8.15. The number of hydrogen-bond acceptors (Lipinski definition) is 7. The van der Waals surface area contributed by atoms with Gasteiger partial charge >= 0.3 is 0 Å². The summed E-state index contributed by atoms with van der Waals surface area (Å²) >= 11 is 1.45. The summed E-state index contributed by atoms with van der Waals surface area (Å²) < 4.78 is 0.985. The lowest BCUT2D eigenvalue weighted by Gasteiger charge is -2.21. The van der Waals surface area contributed by atoms with Gasteiger partial charge in [0.05, 0.1) is 29.1 Å². The molecule has 0 fully saturated rings. The Balaban J connectivity index is 1.75. The average molecular weight is 356 g/mol. The van der Waals surface area contributed by atoms with Crippen LogP contribution in [0.1, 0.15) is 12.5 Å². The second-order valence-electron chi connectivity index (χ2n) is 5.48. The molecular weight excluding hydrogens is 336 g/mol. The fraction of sp³-hybridized carbons (Fsp3) is 0.278. The maximum Gasteiger partial charge on any atom is 0.231 e. The number of anilines is 1. The third kappa shape index (κ3) is 4.19.